The van der Waals surface area contributed by atoms with E-state index in [-0.39, 0.29) is 16.8 Å². The predicted molar refractivity (Wildman–Crippen MR) is 85.1 cm³/mol. The summed E-state index contributed by atoms with van der Waals surface area (Å²) in [5, 5.41) is 2.89. The number of thiocarbonyl (C=S) groups is 1. The molecule has 6 heteroatoms. The van der Waals surface area contributed by atoms with Crippen LogP contribution in [0.15, 0.2) is 0 Å². The number of carbonyl (C=O) groups is 2. The Hall–Kier alpha value is -1.17. The van der Waals surface area contributed by atoms with Crippen LogP contribution in [0.25, 0.3) is 0 Å². The molecule has 5 N–H and O–H groups in total. The number of hydrogen-bond donors (Lipinski definition) is 3. The third-order valence-electron chi connectivity index (χ3n) is 3.40. The normalized spacial score (nSPS) is 11.1. The molecule has 0 aromatic carbocycles. The average Bonchev–Trinajstić information content (AvgIpc) is 2.36. The number of unbranched alkanes of at least 4 members (excludes halogenated alkanes) is 1. The van der Waals surface area contributed by atoms with Crippen molar-refractivity contribution in [3.63, 3.8) is 0 Å². The summed E-state index contributed by atoms with van der Waals surface area (Å²) in [5.41, 5.74) is 10.2. The first-order valence-corrected chi connectivity index (χ1v) is 7.68. The van der Waals surface area contributed by atoms with Gasteiger partial charge in [0.05, 0.1) is 10.4 Å². The summed E-state index contributed by atoms with van der Waals surface area (Å²) in [5.74, 6) is -0.404. The molecule has 0 saturated carbocycles. The van der Waals surface area contributed by atoms with Crippen LogP contribution in [0.1, 0.15) is 58.8 Å². The first-order chi connectivity index (χ1) is 9.40. The van der Waals surface area contributed by atoms with Gasteiger partial charge in [0, 0.05) is 13.0 Å². The zero-order valence-electron chi connectivity index (χ0n) is 12.5. The van der Waals surface area contributed by atoms with E-state index in [2.05, 4.69) is 5.32 Å². The number of nitrogens with one attached hydrogen (secondary N) is 1. The van der Waals surface area contributed by atoms with E-state index in [9.17, 15) is 9.59 Å². The molecule has 0 fully saturated rings. The summed E-state index contributed by atoms with van der Waals surface area (Å²) in [4.78, 5) is 23.3. The monoisotopic (exact) mass is 301 g/mol. The van der Waals surface area contributed by atoms with Crippen LogP contribution in [0.5, 0.6) is 0 Å². The van der Waals surface area contributed by atoms with Crippen molar-refractivity contribution in [1.29, 1.82) is 0 Å². The van der Waals surface area contributed by atoms with Crippen molar-refractivity contribution in [2.24, 2.45) is 16.9 Å². The molecule has 2 amide bonds. The van der Waals surface area contributed by atoms with Gasteiger partial charge < -0.3 is 16.8 Å². The van der Waals surface area contributed by atoms with Crippen molar-refractivity contribution in [3.8, 4) is 0 Å². The van der Waals surface area contributed by atoms with Gasteiger partial charge in [-0.05, 0) is 25.7 Å². The van der Waals surface area contributed by atoms with Crippen molar-refractivity contribution in [3.05, 3.63) is 0 Å². The van der Waals surface area contributed by atoms with Crippen molar-refractivity contribution in [1.82, 2.24) is 5.32 Å². The van der Waals surface area contributed by atoms with Gasteiger partial charge in [-0.1, -0.05) is 38.9 Å². The molecule has 0 radical (unpaired) electrons. The first-order valence-electron chi connectivity index (χ1n) is 7.27. The summed E-state index contributed by atoms with van der Waals surface area (Å²) < 4.78 is 0. The Morgan fingerprint density at radius 3 is 2.05 bits per heavy atom. The second-order valence-corrected chi connectivity index (χ2v) is 5.57. The van der Waals surface area contributed by atoms with Crippen molar-refractivity contribution < 1.29 is 9.59 Å². The molecule has 116 valence electrons. The lowest BCUT2D eigenvalue weighted by atomic mass is 9.78. The average molecular weight is 301 g/mol. The van der Waals surface area contributed by atoms with Crippen LogP contribution in [-0.2, 0) is 9.59 Å². The number of hydrogen-bond acceptors (Lipinski definition) is 3. The Morgan fingerprint density at radius 2 is 1.65 bits per heavy atom. The molecular weight excluding hydrogens is 274 g/mol. The quantitative estimate of drug-likeness (QED) is 0.399. The largest absolute Gasteiger partial charge is 0.392 e. The fourth-order valence-corrected chi connectivity index (χ4v) is 2.66. The summed E-state index contributed by atoms with van der Waals surface area (Å²) >= 11 is 5.13. The Bertz CT molecular complexity index is 339. The highest BCUT2D eigenvalue weighted by Crippen LogP contribution is 2.30. The maximum Gasteiger partial charge on any atom is 0.233 e. The minimum absolute atomic E-state index is 0.0900. The maximum absolute atomic E-state index is 12.4. The minimum atomic E-state index is -0.734. The zero-order chi connectivity index (χ0) is 15.6. The van der Waals surface area contributed by atoms with E-state index in [1.54, 1.807) is 0 Å². The van der Waals surface area contributed by atoms with E-state index in [4.69, 9.17) is 23.7 Å². The van der Waals surface area contributed by atoms with Crippen LogP contribution in [-0.4, -0.2) is 23.3 Å². The molecule has 0 heterocycles. The Balaban J connectivity index is 4.48. The van der Waals surface area contributed by atoms with Gasteiger partial charge in [-0.3, -0.25) is 9.59 Å². The van der Waals surface area contributed by atoms with E-state index in [1.165, 1.54) is 0 Å². The van der Waals surface area contributed by atoms with Crippen LogP contribution < -0.4 is 16.8 Å². The number of primary amides is 1. The highest BCUT2D eigenvalue weighted by Gasteiger charge is 2.39. The minimum Gasteiger partial charge on any atom is -0.392 e. The number of carbonyl (C=O) groups excluding carboxylic acids is 2. The van der Waals surface area contributed by atoms with E-state index < -0.39 is 5.41 Å². The lowest BCUT2D eigenvalue weighted by Crippen LogP contribution is -2.49. The van der Waals surface area contributed by atoms with Gasteiger partial charge in [0.2, 0.25) is 11.8 Å². The molecule has 0 aliphatic heterocycles. The van der Waals surface area contributed by atoms with Gasteiger partial charge in [-0.25, -0.2) is 0 Å². The van der Waals surface area contributed by atoms with Crippen LogP contribution in [0.4, 0.5) is 0 Å². The molecule has 0 aromatic heterocycles. The lowest BCUT2D eigenvalue weighted by Gasteiger charge is -2.31. The molecule has 0 bridgehead atoms. The summed E-state index contributed by atoms with van der Waals surface area (Å²) in [6.07, 6.45) is 4.79. The molecule has 0 unspecified atom stereocenters. The Morgan fingerprint density at radius 1 is 1.10 bits per heavy atom. The molecule has 0 aliphatic rings. The van der Waals surface area contributed by atoms with Crippen LogP contribution in [0.3, 0.4) is 0 Å². The highest BCUT2D eigenvalue weighted by molar-refractivity contribution is 7.80. The molecule has 0 aliphatic carbocycles. The molecule has 0 saturated heterocycles. The second-order valence-electron chi connectivity index (χ2n) is 5.13. The Labute approximate surface area is 126 Å². The molecule has 0 aromatic rings. The van der Waals surface area contributed by atoms with E-state index >= 15 is 0 Å². The summed E-state index contributed by atoms with van der Waals surface area (Å²) in [6.45, 7) is 4.55. The highest BCUT2D eigenvalue weighted by atomic mass is 32.1. The summed E-state index contributed by atoms with van der Waals surface area (Å²) in [7, 11) is 0. The smallest absolute Gasteiger partial charge is 0.233 e. The zero-order valence-corrected chi connectivity index (χ0v) is 13.4. The first kappa shape index (κ1) is 18.8. The van der Waals surface area contributed by atoms with Crippen LogP contribution in [0.2, 0.25) is 0 Å². The van der Waals surface area contributed by atoms with Crippen molar-refractivity contribution in [2.75, 3.05) is 6.54 Å². The predicted octanol–water partition coefficient (Wildman–Crippen LogP) is 1.63. The van der Waals surface area contributed by atoms with E-state index in [0.717, 1.165) is 19.3 Å². The van der Waals surface area contributed by atoms with Gasteiger partial charge >= 0.3 is 0 Å². The van der Waals surface area contributed by atoms with Crippen LogP contribution >= 0.6 is 12.2 Å². The van der Waals surface area contributed by atoms with Crippen molar-refractivity contribution in [2.45, 2.75) is 58.8 Å². The molecule has 20 heavy (non-hydrogen) atoms. The van der Waals surface area contributed by atoms with Gasteiger partial charge in [0.1, 0.15) is 0 Å². The molecule has 5 nitrogen and oxygen atoms in total. The third kappa shape index (κ3) is 5.86. The molecule has 0 atom stereocenters. The van der Waals surface area contributed by atoms with Crippen molar-refractivity contribution >= 4 is 29.0 Å². The maximum atomic E-state index is 12.4. The third-order valence-corrected chi connectivity index (χ3v) is 3.79. The molecule has 0 spiro atoms. The van der Waals surface area contributed by atoms with E-state index in [1.807, 2.05) is 13.8 Å². The number of amides is 2. The van der Waals surface area contributed by atoms with Gasteiger partial charge in [0.15, 0.2) is 0 Å². The van der Waals surface area contributed by atoms with E-state index in [0.29, 0.717) is 32.2 Å². The standard InChI is InChI=1S/C14H27N3O2S/c1-3-8-14(9-4-2,12(16)20)13(19)17-10-6-5-7-11(15)18/h3-10H2,1-2H3,(H2,15,18)(H2,16,20)(H,17,19). The molecular formula is C14H27N3O2S. The van der Waals surface area contributed by atoms with Gasteiger partial charge in [0.25, 0.3) is 0 Å². The number of nitrogens with two attached hydrogens (primary N) is 2. The number of rotatable bonds is 11. The SMILES string of the molecule is CCCC(CCC)(C(=O)NCCCCC(N)=O)C(N)=S. The lowest BCUT2D eigenvalue weighted by molar-refractivity contribution is -0.128. The van der Waals surface area contributed by atoms with Crippen LogP contribution in [0, 0.1) is 5.41 Å². The second kappa shape index (κ2) is 9.69. The van der Waals surface area contributed by atoms with Gasteiger partial charge in [-0.2, -0.15) is 0 Å². The Kier molecular flexibility index (Phi) is 9.12. The fourth-order valence-electron chi connectivity index (χ4n) is 2.36. The fraction of sp³-hybridized carbons (Fsp3) is 0.786. The topological polar surface area (TPSA) is 98.2 Å². The van der Waals surface area contributed by atoms with Gasteiger partial charge in [-0.15, -0.1) is 0 Å². The summed E-state index contributed by atoms with van der Waals surface area (Å²) in [6, 6.07) is 0. The molecule has 0 rings (SSSR count).